The molecule has 0 atom stereocenters. The van der Waals surface area contributed by atoms with Crippen molar-refractivity contribution in [1.29, 1.82) is 0 Å². The molecule has 0 saturated carbocycles. The number of benzene rings is 3. The van der Waals surface area contributed by atoms with E-state index in [0.29, 0.717) is 0 Å². The second-order valence-corrected chi connectivity index (χ2v) is 7.56. The number of halogens is 2. The van der Waals surface area contributed by atoms with Crippen molar-refractivity contribution in [1.82, 2.24) is 4.57 Å². The van der Waals surface area contributed by atoms with Crippen molar-refractivity contribution < 1.29 is 50.7 Å². The van der Waals surface area contributed by atoms with Crippen molar-refractivity contribution in [2.75, 3.05) is 0 Å². The molecule has 6 rings (SSSR count). The molecular weight excluding hydrogens is 612 g/mol. The molecular formula is C29H23Cl2HfN. The summed E-state index contributed by atoms with van der Waals surface area (Å²) in [6.45, 7) is 0. The molecule has 1 aliphatic carbocycles. The van der Waals surface area contributed by atoms with Gasteiger partial charge in [-0.1, -0.05) is 54.6 Å². The number of hydrogen-bond acceptors (Lipinski definition) is 0. The first kappa shape index (κ1) is 27.0. The second kappa shape index (κ2) is 12.8. The summed E-state index contributed by atoms with van der Waals surface area (Å²) in [5.74, 6) is 0. The number of allylic oxidation sites excluding steroid dienone is 4. The monoisotopic (exact) mass is 635 g/mol. The van der Waals surface area contributed by atoms with E-state index in [0.717, 1.165) is 12.8 Å². The van der Waals surface area contributed by atoms with Gasteiger partial charge in [-0.3, -0.25) is 6.08 Å². The summed E-state index contributed by atoms with van der Waals surface area (Å²) in [5.41, 5.74) is 5.18. The molecule has 1 heterocycles. The van der Waals surface area contributed by atoms with Crippen LogP contribution in [0.1, 0.15) is 12.0 Å². The molecule has 0 radical (unpaired) electrons. The minimum Gasteiger partial charge on any atom is -1.00 e. The van der Waals surface area contributed by atoms with Crippen LogP contribution in [-0.2, 0) is 32.3 Å². The number of rotatable bonds is 3. The number of aromatic nitrogens is 1. The Labute approximate surface area is 226 Å². The summed E-state index contributed by atoms with van der Waals surface area (Å²) < 4.78 is 2.25. The predicted molar refractivity (Wildman–Crippen MR) is 127 cm³/mol. The Kier molecular flexibility index (Phi) is 10.5. The smallest absolute Gasteiger partial charge is 1.00 e. The maximum absolute atomic E-state index is 3.31. The zero-order valence-corrected chi connectivity index (χ0v) is 23.2. The average Bonchev–Trinajstić information content (AvgIpc) is 3.54. The Morgan fingerprint density at radius 3 is 2.21 bits per heavy atom. The molecule has 4 heteroatoms. The molecule has 4 aromatic carbocycles. The molecule has 0 fully saturated rings. The zero-order valence-electron chi connectivity index (χ0n) is 18.1. The number of nitrogens with zero attached hydrogens (tertiary/aromatic N) is 1. The van der Waals surface area contributed by atoms with Crippen molar-refractivity contribution in [2.24, 2.45) is 0 Å². The van der Waals surface area contributed by atoms with Gasteiger partial charge in [0.05, 0.1) is 5.52 Å². The molecule has 33 heavy (non-hydrogen) atoms. The van der Waals surface area contributed by atoms with Crippen LogP contribution in [-0.4, -0.2) is 4.57 Å². The third-order valence-electron chi connectivity index (χ3n) is 5.48. The normalized spacial score (nSPS) is 11.6. The van der Waals surface area contributed by atoms with E-state index in [4.69, 9.17) is 0 Å². The average molecular weight is 635 g/mol. The first-order valence-electron chi connectivity index (χ1n) is 10.4. The van der Waals surface area contributed by atoms with E-state index >= 15 is 0 Å². The van der Waals surface area contributed by atoms with Crippen LogP contribution < -0.4 is 24.8 Å². The largest absolute Gasteiger partial charge is 4.00 e. The van der Waals surface area contributed by atoms with Crippen molar-refractivity contribution >= 4 is 21.7 Å². The first-order valence-corrected chi connectivity index (χ1v) is 10.4. The molecule has 1 aliphatic rings. The fourth-order valence-electron chi connectivity index (χ4n) is 3.97. The van der Waals surface area contributed by atoms with Crippen molar-refractivity contribution in [3.63, 3.8) is 0 Å². The SMILES string of the molecule is [C-]1=C(Cc2ccccc2)C=CC1.[Cl-].[Cl-].[Hf+4].c1ccc2[cH-]c(-n3ccc4ccccc43)cc2c1. The Hall–Kier alpha value is -2.26. The Bertz CT molecular complexity index is 1310. The van der Waals surface area contributed by atoms with Crippen molar-refractivity contribution in [2.45, 2.75) is 12.8 Å². The van der Waals surface area contributed by atoms with E-state index in [1.54, 1.807) is 0 Å². The van der Waals surface area contributed by atoms with E-state index < -0.39 is 0 Å². The van der Waals surface area contributed by atoms with Crippen LogP contribution in [0.5, 0.6) is 0 Å². The Morgan fingerprint density at radius 1 is 0.788 bits per heavy atom. The number of para-hydroxylation sites is 1. The predicted octanol–water partition coefficient (Wildman–Crippen LogP) is 1.43. The van der Waals surface area contributed by atoms with Gasteiger partial charge in [-0.2, -0.15) is 6.08 Å². The van der Waals surface area contributed by atoms with Gasteiger partial charge in [0.25, 0.3) is 0 Å². The van der Waals surface area contributed by atoms with Gasteiger partial charge in [-0.15, -0.1) is 47.5 Å². The van der Waals surface area contributed by atoms with Gasteiger partial charge in [0, 0.05) is 6.20 Å². The fraction of sp³-hybridized carbons (Fsp3) is 0.0690. The summed E-state index contributed by atoms with van der Waals surface area (Å²) in [6, 6.07) is 34.1. The molecule has 162 valence electrons. The molecule has 1 aromatic heterocycles. The van der Waals surface area contributed by atoms with Gasteiger partial charge in [-0.25, -0.2) is 11.6 Å². The van der Waals surface area contributed by atoms with Gasteiger partial charge in [0.15, 0.2) is 0 Å². The quantitative estimate of drug-likeness (QED) is 0.209. The van der Waals surface area contributed by atoms with E-state index in [1.807, 2.05) is 6.07 Å². The van der Waals surface area contributed by atoms with Gasteiger partial charge >= 0.3 is 25.8 Å². The fourth-order valence-corrected chi connectivity index (χ4v) is 3.97. The molecule has 0 bridgehead atoms. The molecule has 5 aromatic rings. The van der Waals surface area contributed by atoms with Crippen LogP contribution in [0.15, 0.2) is 121 Å². The molecule has 0 amide bonds. The standard InChI is InChI=1S/C17H12N.C12H11.2ClH.Hf/c1-2-7-15-12-16(11-14(15)6-1)18-10-9-13-5-3-4-8-17(13)18;1-2-6-11(7-3-1)10-12-8-4-5-9-12;;;/h1-12H;1-4,6-8H,5,10H2;2*1H;/q2*-1;;;+4/p-2. The van der Waals surface area contributed by atoms with E-state index in [9.17, 15) is 0 Å². The second-order valence-electron chi connectivity index (χ2n) is 7.56. The minimum atomic E-state index is 0. The summed E-state index contributed by atoms with van der Waals surface area (Å²) in [7, 11) is 0. The molecule has 0 spiro atoms. The van der Waals surface area contributed by atoms with Crippen LogP contribution >= 0.6 is 0 Å². The van der Waals surface area contributed by atoms with Crippen molar-refractivity contribution in [3.8, 4) is 5.69 Å². The van der Waals surface area contributed by atoms with Gasteiger partial charge in [0.2, 0.25) is 0 Å². The Morgan fingerprint density at radius 2 is 1.48 bits per heavy atom. The summed E-state index contributed by atoms with van der Waals surface area (Å²) in [4.78, 5) is 0. The summed E-state index contributed by atoms with van der Waals surface area (Å²) >= 11 is 0. The van der Waals surface area contributed by atoms with Crippen LogP contribution in [0.3, 0.4) is 0 Å². The molecule has 0 N–H and O–H groups in total. The van der Waals surface area contributed by atoms with Crippen LogP contribution in [0.2, 0.25) is 0 Å². The Balaban J connectivity index is 0.000000229. The van der Waals surface area contributed by atoms with Crippen LogP contribution in [0.25, 0.3) is 27.4 Å². The maximum atomic E-state index is 3.31. The summed E-state index contributed by atoms with van der Waals surface area (Å²) in [6.07, 6.45) is 11.8. The first-order chi connectivity index (χ1) is 14.9. The topological polar surface area (TPSA) is 4.93 Å². The van der Waals surface area contributed by atoms with Gasteiger partial charge in [0.1, 0.15) is 0 Å². The van der Waals surface area contributed by atoms with Gasteiger partial charge < -0.3 is 29.4 Å². The molecule has 0 aliphatic heterocycles. The summed E-state index contributed by atoms with van der Waals surface area (Å²) in [5, 5.41) is 3.87. The van der Waals surface area contributed by atoms with Crippen molar-refractivity contribution in [3.05, 3.63) is 133 Å². The van der Waals surface area contributed by atoms with Gasteiger partial charge in [-0.05, 0) is 35.2 Å². The number of hydrogen-bond donors (Lipinski definition) is 0. The maximum Gasteiger partial charge on any atom is 4.00 e. The van der Waals surface area contributed by atoms with Crippen LogP contribution in [0.4, 0.5) is 0 Å². The third kappa shape index (κ3) is 6.41. The van der Waals surface area contributed by atoms with E-state index in [1.165, 1.54) is 38.5 Å². The zero-order chi connectivity index (χ0) is 20.2. The van der Waals surface area contributed by atoms with E-state index in [2.05, 4.69) is 120 Å². The third-order valence-corrected chi connectivity index (χ3v) is 5.48. The molecule has 0 unspecified atom stereocenters. The minimum absolute atomic E-state index is 0. The van der Waals surface area contributed by atoms with E-state index in [-0.39, 0.29) is 50.7 Å². The van der Waals surface area contributed by atoms with Crippen LogP contribution in [0, 0.1) is 6.08 Å². The molecule has 0 saturated heterocycles. The number of fused-ring (bicyclic) bond motifs is 2. The molecule has 1 nitrogen and oxygen atoms in total.